The maximum absolute atomic E-state index is 13.7. The van der Waals surface area contributed by atoms with Gasteiger partial charge in [0, 0.05) is 12.1 Å². The first kappa shape index (κ1) is 17.5. The van der Waals surface area contributed by atoms with E-state index >= 15 is 0 Å². The number of nitrogens with one attached hydrogen (secondary N) is 1. The molecule has 0 fully saturated rings. The maximum atomic E-state index is 13.7. The zero-order chi connectivity index (χ0) is 16.0. The minimum Gasteiger partial charge on any atom is -0.389 e. The molecule has 0 heterocycles. The minimum atomic E-state index is -0.776. The number of nitrogens with two attached hydrogens (primary N) is 2. The highest BCUT2D eigenvalue weighted by molar-refractivity contribution is 8.02. The van der Waals surface area contributed by atoms with Gasteiger partial charge in [-0.1, -0.05) is 24.2 Å². The van der Waals surface area contributed by atoms with E-state index in [9.17, 15) is 8.78 Å². The molecule has 0 aliphatic rings. The maximum Gasteiger partial charge on any atom is 0.149 e. The number of amidine groups is 1. The van der Waals surface area contributed by atoms with Crippen molar-refractivity contribution in [3.05, 3.63) is 52.2 Å². The molecule has 0 unspecified atom stereocenters. The van der Waals surface area contributed by atoms with Crippen molar-refractivity contribution in [2.24, 2.45) is 16.5 Å². The zero-order valence-electron chi connectivity index (χ0n) is 11.3. The summed E-state index contributed by atoms with van der Waals surface area (Å²) in [5.41, 5.74) is 10.9. The molecule has 0 radical (unpaired) electrons. The number of anilines is 1. The first-order valence-corrected chi connectivity index (χ1v) is 7.38. The van der Waals surface area contributed by atoms with Gasteiger partial charge < -0.3 is 16.8 Å². The Morgan fingerprint density at radius 1 is 1.43 bits per heavy atom. The van der Waals surface area contributed by atoms with Crippen LogP contribution in [0.4, 0.5) is 14.5 Å². The molecule has 0 saturated heterocycles. The highest BCUT2D eigenvalue weighted by Crippen LogP contribution is 2.21. The predicted octanol–water partition coefficient (Wildman–Crippen LogP) is 2.98. The fourth-order valence-corrected chi connectivity index (χ4v) is 1.73. The van der Waals surface area contributed by atoms with Gasteiger partial charge in [0.25, 0.3) is 0 Å². The Bertz CT molecular complexity index is 578. The van der Waals surface area contributed by atoms with Crippen LogP contribution in [-0.4, -0.2) is 18.6 Å². The van der Waals surface area contributed by atoms with Crippen LogP contribution >= 0.6 is 23.4 Å². The lowest BCUT2D eigenvalue weighted by atomic mass is 10.2. The Kier molecular flexibility index (Phi) is 6.67. The summed E-state index contributed by atoms with van der Waals surface area (Å²) in [5, 5.41) is 2.82. The van der Waals surface area contributed by atoms with Crippen LogP contribution in [0.1, 0.15) is 0 Å². The van der Waals surface area contributed by atoms with Crippen molar-refractivity contribution in [1.29, 1.82) is 0 Å². The second-order valence-electron chi connectivity index (χ2n) is 3.81. The average Bonchev–Trinajstić information content (AvgIpc) is 2.42. The first-order valence-electron chi connectivity index (χ1n) is 5.77. The number of hydrogen-bond donors (Lipinski definition) is 3. The Morgan fingerprint density at radius 2 is 2.00 bits per heavy atom. The second kappa shape index (κ2) is 8.02. The molecule has 0 aromatic heterocycles. The molecule has 21 heavy (non-hydrogen) atoms. The highest BCUT2D eigenvalue weighted by atomic mass is 35.5. The zero-order valence-corrected chi connectivity index (χ0v) is 12.9. The van der Waals surface area contributed by atoms with Crippen LogP contribution < -0.4 is 16.8 Å². The summed E-state index contributed by atoms with van der Waals surface area (Å²) >= 11 is 7.00. The third-order valence-corrected chi connectivity index (χ3v) is 3.25. The number of hydrogen-bond acceptors (Lipinski definition) is 4. The van der Waals surface area contributed by atoms with E-state index in [4.69, 9.17) is 23.1 Å². The minimum absolute atomic E-state index is 0.0494. The standard InChI is InChI=1S/C13H15ClF2N4S/c1-7(21-2)19-13(8(6-17)12(14)18)20-11-9(15)4-3-5-10(11)16/h3-5H,1,6,17-18H2,2H3,(H,19,20)/b12-8-. The van der Waals surface area contributed by atoms with Gasteiger partial charge in [-0.3, -0.25) is 0 Å². The largest absolute Gasteiger partial charge is 0.389 e. The van der Waals surface area contributed by atoms with Gasteiger partial charge in [0.15, 0.2) is 0 Å². The number of thioether (sulfide) groups is 1. The lowest BCUT2D eigenvalue weighted by molar-refractivity contribution is 0.591. The molecule has 114 valence electrons. The van der Waals surface area contributed by atoms with Crippen LogP contribution in [0.2, 0.25) is 0 Å². The Balaban J connectivity index is 3.30. The summed E-state index contributed by atoms with van der Waals surface area (Å²) < 4.78 is 27.4. The van der Waals surface area contributed by atoms with Crippen molar-refractivity contribution < 1.29 is 8.78 Å². The molecular formula is C13H15ClF2N4S. The number of aliphatic imine (C=N–C) groups is 1. The lowest BCUT2D eigenvalue weighted by Crippen LogP contribution is -2.24. The monoisotopic (exact) mass is 332 g/mol. The third kappa shape index (κ3) is 4.73. The van der Waals surface area contributed by atoms with Crippen LogP contribution in [0.5, 0.6) is 0 Å². The van der Waals surface area contributed by atoms with Gasteiger partial charge in [0.05, 0.1) is 5.03 Å². The summed E-state index contributed by atoms with van der Waals surface area (Å²) in [4.78, 5) is 4.10. The molecular weight excluding hydrogens is 318 g/mol. The number of benzene rings is 1. The van der Waals surface area contributed by atoms with Crippen LogP contribution in [0.25, 0.3) is 0 Å². The Labute approximate surface area is 130 Å². The number of halogens is 3. The molecule has 1 aromatic rings. The molecule has 0 amide bonds. The van der Waals surface area contributed by atoms with Gasteiger partial charge >= 0.3 is 0 Å². The predicted molar refractivity (Wildman–Crippen MR) is 86.2 cm³/mol. The van der Waals surface area contributed by atoms with E-state index in [1.54, 1.807) is 6.26 Å². The van der Waals surface area contributed by atoms with E-state index in [1.165, 1.54) is 17.8 Å². The highest BCUT2D eigenvalue weighted by Gasteiger charge is 2.15. The van der Waals surface area contributed by atoms with Gasteiger partial charge in [-0.15, -0.1) is 11.8 Å². The van der Waals surface area contributed by atoms with E-state index in [0.717, 1.165) is 12.1 Å². The van der Waals surface area contributed by atoms with Crippen molar-refractivity contribution >= 4 is 34.9 Å². The molecule has 0 aliphatic heterocycles. The molecule has 5 N–H and O–H groups in total. The van der Waals surface area contributed by atoms with E-state index in [2.05, 4.69) is 16.9 Å². The van der Waals surface area contributed by atoms with Gasteiger partial charge in [-0.2, -0.15) is 0 Å². The number of para-hydroxylation sites is 1. The quantitative estimate of drug-likeness (QED) is 0.440. The smallest absolute Gasteiger partial charge is 0.149 e. The Morgan fingerprint density at radius 3 is 2.43 bits per heavy atom. The van der Waals surface area contributed by atoms with E-state index in [-0.39, 0.29) is 28.8 Å². The Hall–Kier alpha value is -1.57. The van der Waals surface area contributed by atoms with Crippen molar-refractivity contribution in [2.45, 2.75) is 0 Å². The summed E-state index contributed by atoms with van der Waals surface area (Å²) in [6.45, 7) is 3.62. The molecule has 1 rings (SSSR count). The molecule has 0 saturated carbocycles. The summed E-state index contributed by atoms with van der Waals surface area (Å²) in [6, 6.07) is 3.48. The SMILES string of the molecule is C=C(/N=C(Nc1c(F)cccc1F)\C(CN)=C(/N)Cl)SC. The van der Waals surface area contributed by atoms with E-state index in [0.29, 0.717) is 5.03 Å². The molecule has 4 nitrogen and oxygen atoms in total. The van der Waals surface area contributed by atoms with Crippen molar-refractivity contribution in [3.8, 4) is 0 Å². The summed E-state index contributed by atoms with van der Waals surface area (Å²) in [5.74, 6) is -1.50. The summed E-state index contributed by atoms with van der Waals surface area (Å²) in [6.07, 6.45) is 1.75. The van der Waals surface area contributed by atoms with Gasteiger partial charge in [0.2, 0.25) is 0 Å². The number of rotatable bonds is 5. The van der Waals surface area contributed by atoms with Crippen LogP contribution in [0.15, 0.2) is 45.5 Å². The van der Waals surface area contributed by atoms with Gasteiger partial charge in [0.1, 0.15) is 28.3 Å². The van der Waals surface area contributed by atoms with Crippen LogP contribution in [0.3, 0.4) is 0 Å². The fraction of sp³-hybridized carbons (Fsp3) is 0.154. The van der Waals surface area contributed by atoms with E-state index in [1.807, 2.05) is 0 Å². The van der Waals surface area contributed by atoms with E-state index < -0.39 is 11.6 Å². The topological polar surface area (TPSA) is 76.4 Å². The van der Waals surface area contributed by atoms with Crippen molar-refractivity contribution in [3.63, 3.8) is 0 Å². The lowest BCUT2D eigenvalue weighted by Gasteiger charge is -2.14. The molecule has 8 heteroatoms. The molecule has 0 aliphatic carbocycles. The van der Waals surface area contributed by atoms with Crippen molar-refractivity contribution in [1.82, 2.24) is 0 Å². The third-order valence-electron chi connectivity index (χ3n) is 2.46. The van der Waals surface area contributed by atoms with Crippen LogP contribution in [0, 0.1) is 11.6 Å². The number of nitrogens with zero attached hydrogens (tertiary/aromatic N) is 1. The normalized spacial score (nSPS) is 12.9. The van der Waals surface area contributed by atoms with Crippen LogP contribution in [-0.2, 0) is 0 Å². The average molecular weight is 333 g/mol. The molecule has 0 atom stereocenters. The van der Waals surface area contributed by atoms with Gasteiger partial charge in [-0.25, -0.2) is 13.8 Å². The summed E-state index contributed by atoms with van der Waals surface area (Å²) in [7, 11) is 0. The van der Waals surface area contributed by atoms with Crippen molar-refractivity contribution in [2.75, 3.05) is 18.1 Å². The van der Waals surface area contributed by atoms with Gasteiger partial charge in [-0.05, 0) is 18.4 Å². The molecule has 0 spiro atoms. The molecule has 1 aromatic carbocycles. The second-order valence-corrected chi connectivity index (χ2v) is 5.10. The first-order chi connectivity index (χ1) is 9.90. The molecule has 0 bridgehead atoms. The fourth-order valence-electron chi connectivity index (χ4n) is 1.38.